The Labute approximate surface area is 190 Å². The van der Waals surface area contributed by atoms with Gasteiger partial charge in [0.05, 0.1) is 5.01 Å². The maximum absolute atomic E-state index is 4.49. The third-order valence-electron chi connectivity index (χ3n) is 4.97. The minimum atomic E-state index is 0. The number of aliphatic imine (C=N–C) groups is 1. The van der Waals surface area contributed by atoms with E-state index in [-0.39, 0.29) is 24.0 Å². The highest BCUT2D eigenvalue weighted by Gasteiger charge is 2.21. The van der Waals surface area contributed by atoms with E-state index in [1.54, 1.807) is 0 Å². The van der Waals surface area contributed by atoms with Crippen LogP contribution in [0.4, 0.5) is 5.69 Å². The lowest BCUT2D eigenvalue weighted by Gasteiger charge is -2.35. The maximum atomic E-state index is 4.49. The van der Waals surface area contributed by atoms with Crippen LogP contribution in [0.3, 0.4) is 0 Å². The predicted octanol–water partition coefficient (Wildman–Crippen LogP) is 4.01. The second-order valence-electron chi connectivity index (χ2n) is 7.09. The molecule has 0 bridgehead atoms. The second-order valence-corrected chi connectivity index (χ2v) is 8.29. The third-order valence-corrected chi connectivity index (χ3v) is 6.17. The zero-order valence-electron chi connectivity index (χ0n) is 17.1. The Balaban J connectivity index is 0.00000280. The Morgan fingerprint density at radius 3 is 2.79 bits per heavy atom. The Kier molecular flexibility index (Phi) is 9.50. The number of thiazole rings is 1. The van der Waals surface area contributed by atoms with E-state index in [4.69, 9.17) is 0 Å². The van der Waals surface area contributed by atoms with Crippen LogP contribution < -0.4 is 15.5 Å². The number of piperidine rings is 1. The number of nitrogens with zero attached hydrogens (tertiary/aromatic N) is 3. The predicted molar refractivity (Wildman–Crippen MR) is 132 cm³/mol. The molecule has 1 unspecified atom stereocenters. The van der Waals surface area contributed by atoms with Crippen molar-refractivity contribution >= 4 is 47.0 Å². The van der Waals surface area contributed by atoms with Crippen LogP contribution in [0.15, 0.2) is 35.5 Å². The number of anilines is 1. The van der Waals surface area contributed by atoms with Crippen LogP contribution in [-0.2, 0) is 12.8 Å². The molecule has 2 heterocycles. The van der Waals surface area contributed by atoms with E-state index >= 15 is 0 Å². The second kappa shape index (κ2) is 11.6. The van der Waals surface area contributed by atoms with Crippen molar-refractivity contribution < 1.29 is 0 Å². The van der Waals surface area contributed by atoms with Crippen molar-refractivity contribution in [1.82, 2.24) is 15.6 Å². The molecule has 0 saturated carbocycles. The summed E-state index contributed by atoms with van der Waals surface area (Å²) in [6.45, 7) is 7.29. The minimum Gasteiger partial charge on any atom is -0.369 e. The summed E-state index contributed by atoms with van der Waals surface area (Å²) in [5.41, 5.74) is 2.62. The molecule has 1 aromatic heterocycles. The van der Waals surface area contributed by atoms with Gasteiger partial charge in [0.2, 0.25) is 0 Å². The molecular weight excluding hydrogens is 481 g/mol. The Morgan fingerprint density at radius 1 is 1.32 bits per heavy atom. The zero-order chi connectivity index (χ0) is 19.1. The van der Waals surface area contributed by atoms with E-state index in [1.807, 2.05) is 24.6 Å². The summed E-state index contributed by atoms with van der Waals surface area (Å²) >= 11 is 1.81. The number of guanidine groups is 1. The fraction of sp³-hybridized carbons (Fsp3) is 0.524. The van der Waals surface area contributed by atoms with Gasteiger partial charge in [0.15, 0.2) is 5.96 Å². The zero-order valence-corrected chi connectivity index (χ0v) is 20.2. The molecule has 2 N–H and O–H groups in total. The molecule has 1 aliphatic rings. The van der Waals surface area contributed by atoms with Crippen LogP contribution in [0.2, 0.25) is 0 Å². The van der Waals surface area contributed by atoms with Crippen LogP contribution in [0.25, 0.3) is 0 Å². The molecule has 1 aromatic carbocycles. The monoisotopic (exact) mass is 513 g/mol. The molecule has 1 saturated heterocycles. The van der Waals surface area contributed by atoms with Gasteiger partial charge in [-0.2, -0.15) is 0 Å². The summed E-state index contributed by atoms with van der Waals surface area (Å²) in [7, 11) is 1.84. The molecule has 28 heavy (non-hydrogen) atoms. The van der Waals surface area contributed by atoms with E-state index in [1.165, 1.54) is 34.0 Å². The topological polar surface area (TPSA) is 52.6 Å². The summed E-state index contributed by atoms with van der Waals surface area (Å²) in [6, 6.07) is 9.25. The molecule has 0 amide bonds. The minimum absolute atomic E-state index is 0. The number of rotatable bonds is 6. The smallest absolute Gasteiger partial charge is 0.191 e. The highest BCUT2D eigenvalue weighted by atomic mass is 127. The SMILES string of the molecule is CCc1cnc(CCNC(=NC)NC2CCCN(c3ccc(C)cc3)C2)s1.I. The molecule has 0 aliphatic carbocycles. The fourth-order valence-corrected chi connectivity index (χ4v) is 4.25. The molecule has 0 spiro atoms. The Morgan fingerprint density at radius 2 is 2.11 bits per heavy atom. The quantitative estimate of drug-likeness (QED) is 0.348. The lowest BCUT2D eigenvalue weighted by molar-refractivity contribution is 0.468. The highest BCUT2D eigenvalue weighted by molar-refractivity contribution is 14.0. The number of aryl methyl sites for hydroxylation is 2. The molecule has 0 radical (unpaired) electrons. The Hall–Kier alpha value is -1.35. The van der Waals surface area contributed by atoms with Gasteiger partial charge in [0.1, 0.15) is 0 Å². The van der Waals surface area contributed by atoms with E-state index in [0.717, 1.165) is 38.4 Å². The summed E-state index contributed by atoms with van der Waals surface area (Å²) in [4.78, 5) is 12.7. The molecule has 1 fully saturated rings. The van der Waals surface area contributed by atoms with Crippen molar-refractivity contribution in [2.75, 3.05) is 31.6 Å². The molecule has 1 aliphatic heterocycles. The van der Waals surface area contributed by atoms with E-state index in [9.17, 15) is 0 Å². The van der Waals surface area contributed by atoms with Crippen molar-refractivity contribution in [1.29, 1.82) is 0 Å². The molecular formula is C21H32IN5S. The third kappa shape index (κ3) is 6.62. The van der Waals surface area contributed by atoms with Crippen LogP contribution >= 0.6 is 35.3 Å². The first-order chi connectivity index (χ1) is 13.2. The number of benzene rings is 1. The van der Waals surface area contributed by atoms with Crippen molar-refractivity contribution in [3.63, 3.8) is 0 Å². The number of hydrogen-bond acceptors (Lipinski definition) is 4. The van der Waals surface area contributed by atoms with Gasteiger partial charge in [0.25, 0.3) is 0 Å². The van der Waals surface area contributed by atoms with Gasteiger partial charge in [-0.3, -0.25) is 4.99 Å². The summed E-state index contributed by atoms with van der Waals surface area (Å²) in [6.07, 6.45) is 6.37. The van der Waals surface area contributed by atoms with Gasteiger partial charge in [-0.25, -0.2) is 4.98 Å². The summed E-state index contributed by atoms with van der Waals surface area (Å²) < 4.78 is 0. The summed E-state index contributed by atoms with van der Waals surface area (Å²) in [5.74, 6) is 0.887. The highest BCUT2D eigenvalue weighted by Crippen LogP contribution is 2.20. The van der Waals surface area contributed by atoms with Crippen molar-refractivity contribution in [3.8, 4) is 0 Å². The van der Waals surface area contributed by atoms with Crippen LogP contribution in [-0.4, -0.2) is 43.7 Å². The van der Waals surface area contributed by atoms with E-state index in [2.05, 4.69) is 63.6 Å². The largest absolute Gasteiger partial charge is 0.369 e. The number of halogens is 1. The molecule has 3 rings (SSSR count). The van der Waals surface area contributed by atoms with Gasteiger partial charge >= 0.3 is 0 Å². The first kappa shape index (κ1) is 22.9. The van der Waals surface area contributed by atoms with Crippen molar-refractivity contribution in [2.24, 2.45) is 4.99 Å². The van der Waals surface area contributed by atoms with Gasteiger partial charge in [-0.15, -0.1) is 35.3 Å². The van der Waals surface area contributed by atoms with Crippen molar-refractivity contribution in [2.45, 2.75) is 45.6 Å². The fourth-order valence-electron chi connectivity index (χ4n) is 3.39. The van der Waals surface area contributed by atoms with Crippen LogP contribution in [0, 0.1) is 6.92 Å². The van der Waals surface area contributed by atoms with Gasteiger partial charge in [-0.05, 0) is 38.3 Å². The molecule has 7 heteroatoms. The van der Waals surface area contributed by atoms with E-state index < -0.39 is 0 Å². The number of aromatic nitrogens is 1. The summed E-state index contributed by atoms with van der Waals surface area (Å²) in [5, 5.41) is 8.23. The lowest BCUT2D eigenvalue weighted by Crippen LogP contribution is -2.51. The molecule has 5 nitrogen and oxygen atoms in total. The van der Waals surface area contributed by atoms with Gasteiger partial charge in [0, 0.05) is 55.9 Å². The van der Waals surface area contributed by atoms with E-state index in [0.29, 0.717) is 6.04 Å². The number of hydrogen-bond donors (Lipinski definition) is 2. The van der Waals surface area contributed by atoms with Gasteiger partial charge in [-0.1, -0.05) is 24.6 Å². The van der Waals surface area contributed by atoms with Crippen LogP contribution in [0.5, 0.6) is 0 Å². The first-order valence-electron chi connectivity index (χ1n) is 9.90. The maximum Gasteiger partial charge on any atom is 0.191 e. The molecule has 1 atom stereocenters. The average molecular weight is 513 g/mol. The standard InChI is InChI=1S/C21H31N5S.HI/c1-4-19-14-24-20(27-19)11-12-23-21(22-3)25-17-6-5-13-26(15-17)18-9-7-16(2)8-10-18;/h7-10,14,17H,4-6,11-13,15H2,1-3H3,(H2,22,23,25);1H. The van der Waals surface area contributed by atoms with Crippen LogP contribution in [0.1, 0.15) is 35.2 Å². The first-order valence-corrected chi connectivity index (χ1v) is 10.7. The molecule has 2 aromatic rings. The Bertz CT molecular complexity index is 744. The molecule has 154 valence electrons. The average Bonchev–Trinajstić information content (AvgIpc) is 3.16. The lowest BCUT2D eigenvalue weighted by atomic mass is 10.0. The van der Waals surface area contributed by atoms with Crippen molar-refractivity contribution in [3.05, 3.63) is 45.9 Å². The normalized spacial score (nSPS) is 17.2. The number of nitrogens with one attached hydrogen (secondary N) is 2. The van der Waals surface area contributed by atoms with Gasteiger partial charge < -0.3 is 15.5 Å².